The van der Waals surface area contributed by atoms with Crippen LogP contribution in [-0.4, -0.2) is 25.7 Å². The molecule has 144 valence electrons. The van der Waals surface area contributed by atoms with E-state index in [4.69, 9.17) is 0 Å². The Labute approximate surface area is 160 Å². The molecule has 0 amide bonds. The highest BCUT2D eigenvalue weighted by Gasteiger charge is 2.30. The molecule has 1 aromatic rings. The van der Waals surface area contributed by atoms with Gasteiger partial charge in [-0.15, -0.1) is 0 Å². The Hall–Kier alpha value is -0.240. The minimum atomic E-state index is -4.27. The van der Waals surface area contributed by atoms with Crippen molar-refractivity contribution in [3.05, 3.63) is 34.9 Å². The monoisotopic (exact) mass is 411 g/mol. The molecule has 24 heavy (non-hydrogen) atoms. The highest BCUT2D eigenvalue weighted by atomic mass is 35.5. The second-order valence-electron chi connectivity index (χ2n) is 5.63. The van der Waals surface area contributed by atoms with Gasteiger partial charge in [0.2, 0.25) is 0 Å². The summed E-state index contributed by atoms with van der Waals surface area (Å²) in [5.41, 5.74) is 8.73. The molecule has 0 aliphatic carbocycles. The van der Waals surface area contributed by atoms with Gasteiger partial charge in [-0.1, -0.05) is 11.6 Å². The summed E-state index contributed by atoms with van der Waals surface area (Å²) >= 11 is 0. The van der Waals surface area contributed by atoms with Crippen molar-refractivity contribution in [1.29, 1.82) is 0 Å². The zero-order chi connectivity index (χ0) is 15.9. The minimum Gasteiger partial charge on any atom is -1.00 e. The van der Waals surface area contributed by atoms with Crippen molar-refractivity contribution < 1.29 is 67.2 Å². The number of quaternary nitrogens is 3. The fraction of sp³-hybridized carbons (Fsp3) is 0.600. The molecule has 1 aromatic carbocycles. The zero-order valence-corrected chi connectivity index (χ0v) is 16.1. The average Bonchev–Trinajstić information content (AvgIpc) is 2.40. The van der Waals surface area contributed by atoms with Crippen LogP contribution in [-0.2, 0) is 12.6 Å². The van der Waals surface area contributed by atoms with Gasteiger partial charge in [-0.2, -0.15) is 13.2 Å². The molecule has 0 aliphatic heterocycles. The van der Waals surface area contributed by atoms with Crippen LogP contribution in [0.5, 0.6) is 0 Å². The summed E-state index contributed by atoms with van der Waals surface area (Å²) in [5, 5.41) is 2.14. The predicted molar refractivity (Wildman–Crippen MR) is 75.2 cm³/mol. The number of hydrogen-bond acceptors (Lipinski definition) is 0. The first-order chi connectivity index (χ1) is 9.82. The number of hydrogen-bond donors (Lipinski definition) is 3. The van der Waals surface area contributed by atoms with Gasteiger partial charge in [0.15, 0.2) is 0 Å². The van der Waals surface area contributed by atoms with Crippen molar-refractivity contribution in [2.45, 2.75) is 38.4 Å². The second-order valence-corrected chi connectivity index (χ2v) is 5.63. The molecular weight excluding hydrogens is 386 g/mol. The Balaban J connectivity index is -0.00000147. The third kappa shape index (κ3) is 11.3. The number of alkyl halides is 3. The second kappa shape index (κ2) is 14.0. The number of rotatable bonds is 8. The molecule has 0 aromatic heterocycles. The van der Waals surface area contributed by atoms with Gasteiger partial charge in [-0.05, 0) is 24.6 Å². The van der Waals surface area contributed by atoms with Crippen LogP contribution in [0, 0.1) is 6.92 Å². The highest BCUT2D eigenvalue weighted by molar-refractivity contribution is 5.31. The summed E-state index contributed by atoms with van der Waals surface area (Å²) in [6, 6.07) is 4.66. The van der Waals surface area contributed by atoms with Crippen LogP contribution < -0.4 is 54.0 Å². The molecule has 0 radical (unpaired) electrons. The zero-order valence-electron chi connectivity index (χ0n) is 13.8. The van der Waals surface area contributed by atoms with E-state index in [0.717, 1.165) is 38.0 Å². The third-order valence-corrected chi connectivity index (χ3v) is 3.46. The van der Waals surface area contributed by atoms with Crippen molar-refractivity contribution in [2.24, 2.45) is 0 Å². The molecule has 3 nitrogen and oxygen atoms in total. The molecule has 0 fully saturated rings. The minimum absolute atomic E-state index is 0. The van der Waals surface area contributed by atoms with Gasteiger partial charge >= 0.3 is 6.18 Å². The van der Waals surface area contributed by atoms with Crippen LogP contribution in [0.3, 0.4) is 0 Å². The number of nitrogens with two attached hydrogens (primary N) is 1. The molecule has 0 spiro atoms. The van der Waals surface area contributed by atoms with Crippen molar-refractivity contribution in [1.82, 2.24) is 0 Å². The van der Waals surface area contributed by atoms with E-state index >= 15 is 0 Å². The molecule has 0 saturated carbocycles. The highest BCUT2D eigenvalue weighted by Crippen LogP contribution is 2.30. The maximum Gasteiger partial charge on any atom is 0.416 e. The summed E-state index contributed by atoms with van der Waals surface area (Å²) in [6.45, 7) is 4.33. The van der Waals surface area contributed by atoms with Crippen LogP contribution in [0.4, 0.5) is 13.2 Å². The van der Waals surface area contributed by atoms with Gasteiger partial charge in [-0.3, -0.25) is 0 Å². The summed E-state index contributed by atoms with van der Waals surface area (Å²) < 4.78 is 38.2. The van der Waals surface area contributed by atoms with Gasteiger partial charge in [0.05, 0.1) is 18.7 Å². The molecule has 0 unspecified atom stereocenters. The van der Waals surface area contributed by atoms with Crippen molar-refractivity contribution in [2.75, 3.05) is 19.6 Å². The van der Waals surface area contributed by atoms with Crippen molar-refractivity contribution >= 4 is 0 Å². The van der Waals surface area contributed by atoms with Gasteiger partial charge in [0.25, 0.3) is 0 Å². The molecule has 0 heterocycles. The lowest BCUT2D eigenvalue weighted by Crippen LogP contribution is -3.00. The number of halogens is 6. The molecule has 0 saturated heterocycles. The topological polar surface area (TPSA) is 71.9 Å². The SMILES string of the molecule is Cc1cc(CC[NH2+]C[C@@H]([NH3+])CCC[NH3+])cc(C(F)(F)F)c1.[Cl-].[Cl-].[Cl-]. The Morgan fingerprint density at radius 3 is 2.29 bits per heavy atom. The van der Waals surface area contributed by atoms with Crippen LogP contribution in [0.2, 0.25) is 0 Å². The molecule has 8 N–H and O–H groups in total. The molecule has 9 heteroatoms. The van der Waals surface area contributed by atoms with Crippen molar-refractivity contribution in [3.63, 3.8) is 0 Å². The first kappa shape index (κ1) is 28.6. The fourth-order valence-electron chi connectivity index (χ4n) is 2.34. The normalized spacial score (nSPS) is 11.8. The van der Waals surface area contributed by atoms with Gasteiger partial charge in [-0.25, -0.2) is 0 Å². The van der Waals surface area contributed by atoms with Gasteiger partial charge in [0, 0.05) is 19.3 Å². The van der Waals surface area contributed by atoms with E-state index in [1.54, 1.807) is 6.92 Å². The van der Waals surface area contributed by atoms with Crippen LogP contribution in [0.15, 0.2) is 18.2 Å². The molecule has 0 bridgehead atoms. The van der Waals surface area contributed by atoms with E-state index in [2.05, 4.69) is 16.8 Å². The standard InChI is InChI=1S/C15H24F3N3.3ClH/c1-11-7-12(9-13(8-11)15(16,17)18)4-6-21-10-14(20)3-2-5-19;;;/h7-9,14,21H,2-6,10,19-20H2,1H3;3*1H/t14-;;;/m0.../s1. The lowest BCUT2D eigenvalue weighted by Gasteiger charge is -2.11. The quantitative estimate of drug-likeness (QED) is 0.355. The fourth-order valence-corrected chi connectivity index (χ4v) is 2.34. The lowest BCUT2D eigenvalue weighted by atomic mass is 10.0. The van der Waals surface area contributed by atoms with E-state index in [9.17, 15) is 13.2 Å². The van der Waals surface area contributed by atoms with Crippen LogP contribution >= 0.6 is 0 Å². The van der Waals surface area contributed by atoms with E-state index < -0.39 is 11.7 Å². The largest absolute Gasteiger partial charge is 1.00 e. The first-order valence-corrected chi connectivity index (χ1v) is 7.44. The third-order valence-electron chi connectivity index (χ3n) is 3.46. The van der Waals surface area contributed by atoms with Gasteiger partial charge < -0.3 is 54.0 Å². The van der Waals surface area contributed by atoms with E-state index in [1.807, 2.05) is 6.07 Å². The average molecular weight is 413 g/mol. The smallest absolute Gasteiger partial charge is 0.416 e. The molecule has 1 atom stereocenters. The molecular formula is C15H27Cl3F3N3. The Kier molecular flexibility index (Phi) is 16.6. The Morgan fingerprint density at radius 2 is 1.75 bits per heavy atom. The first-order valence-electron chi connectivity index (χ1n) is 7.44. The van der Waals surface area contributed by atoms with E-state index in [0.29, 0.717) is 18.0 Å². The van der Waals surface area contributed by atoms with Gasteiger partial charge in [0.1, 0.15) is 12.6 Å². The maximum absolute atomic E-state index is 12.7. The van der Waals surface area contributed by atoms with Crippen LogP contribution in [0.1, 0.15) is 29.5 Å². The summed E-state index contributed by atoms with van der Waals surface area (Å²) in [6.07, 6.45) is -1.48. The summed E-state index contributed by atoms with van der Waals surface area (Å²) in [4.78, 5) is 0. The van der Waals surface area contributed by atoms with E-state index in [-0.39, 0.29) is 37.2 Å². The summed E-state index contributed by atoms with van der Waals surface area (Å²) in [5.74, 6) is 0. The summed E-state index contributed by atoms with van der Waals surface area (Å²) in [7, 11) is 0. The lowest BCUT2D eigenvalue weighted by molar-refractivity contribution is -0.680. The predicted octanol–water partition coefficient (Wildman–Crippen LogP) is -9.24. The van der Waals surface area contributed by atoms with E-state index in [1.165, 1.54) is 12.1 Å². The Morgan fingerprint density at radius 1 is 1.12 bits per heavy atom. The number of aryl methyl sites for hydroxylation is 1. The number of benzene rings is 1. The Bertz CT molecular complexity index is 446. The molecule has 1 rings (SSSR count). The molecule has 0 aliphatic rings. The maximum atomic E-state index is 12.7. The van der Waals surface area contributed by atoms with Crippen LogP contribution in [0.25, 0.3) is 0 Å². The van der Waals surface area contributed by atoms with Crippen molar-refractivity contribution in [3.8, 4) is 0 Å².